The highest BCUT2D eigenvalue weighted by Gasteiger charge is 2.06. The molecule has 0 aliphatic rings. The van der Waals surface area contributed by atoms with Crippen molar-refractivity contribution in [3.05, 3.63) is 238 Å². The molecule has 0 bridgehead atoms. The zero-order valence-corrected chi connectivity index (χ0v) is 65.3. The van der Waals surface area contributed by atoms with Gasteiger partial charge < -0.3 is 18.9 Å². The fourth-order valence-corrected chi connectivity index (χ4v) is 12.2. The maximum atomic E-state index is 5.88. The molecule has 0 aliphatic carbocycles. The number of aryl methyl sites for hydroxylation is 12. The lowest BCUT2D eigenvalue weighted by molar-refractivity contribution is 0.304. The SMILES string of the molecule is CCCCCCCCCOc1ccc(CCc2ccc(CCC)cn2)cc1.CCCCCCCCOc1ccc(CCc2ccc(CCC)cn2)cc1.CCCCCCCOc1ccc(CCc2ccc(CCC)cn2)cc1.CCCCCCOc1ccc(CCc2ccc(CCC)cn2)cc1. The first kappa shape index (κ1) is 85.3. The maximum Gasteiger partial charge on any atom is 0.119 e. The van der Waals surface area contributed by atoms with Crippen LogP contribution in [0.5, 0.6) is 23.0 Å². The smallest absolute Gasteiger partial charge is 0.119 e. The van der Waals surface area contributed by atoms with Crippen LogP contribution < -0.4 is 18.9 Å². The Morgan fingerprint density at radius 2 is 0.363 bits per heavy atom. The number of nitrogens with zero attached hydrogens (tertiary/aromatic N) is 4. The fourth-order valence-electron chi connectivity index (χ4n) is 12.2. The molecule has 0 N–H and O–H groups in total. The van der Waals surface area contributed by atoms with E-state index in [0.717, 1.165) is 152 Å². The van der Waals surface area contributed by atoms with Crippen LogP contribution in [0.1, 0.15) is 290 Å². The van der Waals surface area contributed by atoms with Gasteiger partial charge >= 0.3 is 0 Å². The molecule has 4 heterocycles. The van der Waals surface area contributed by atoms with Gasteiger partial charge in [0.05, 0.1) is 26.4 Å². The van der Waals surface area contributed by atoms with E-state index in [-0.39, 0.29) is 0 Å². The Morgan fingerprint density at radius 1 is 0.176 bits per heavy atom. The Bertz CT molecular complexity index is 3210. The van der Waals surface area contributed by atoms with Crippen molar-refractivity contribution in [2.75, 3.05) is 26.4 Å². The molecular formula is C94H136N4O4. The van der Waals surface area contributed by atoms with E-state index < -0.39 is 0 Å². The number of hydrogen-bond donors (Lipinski definition) is 0. The van der Waals surface area contributed by atoms with E-state index in [4.69, 9.17) is 18.9 Å². The predicted octanol–water partition coefficient (Wildman–Crippen LogP) is 25.5. The number of unbranched alkanes of at least 4 members (excludes halogenated alkanes) is 18. The van der Waals surface area contributed by atoms with Crippen molar-refractivity contribution in [2.45, 2.75) is 299 Å². The van der Waals surface area contributed by atoms with Crippen LogP contribution in [-0.2, 0) is 77.0 Å². The molecule has 4 aromatic heterocycles. The molecule has 0 fully saturated rings. The van der Waals surface area contributed by atoms with Crippen molar-refractivity contribution < 1.29 is 18.9 Å². The van der Waals surface area contributed by atoms with Crippen LogP contribution in [0.25, 0.3) is 0 Å². The topological polar surface area (TPSA) is 88.5 Å². The van der Waals surface area contributed by atoms with E-state index in [1.54, 1.807) is 0 Å². The monoisotopic (exact) mass is 1390 g/mol. The van der Waals surface area contributed by atoms with Crippen LogP contribution in [0.4, 0.5) is 0 Å². The molecule has 0 saturated carbocycles. The van der Waals surface area contributed by atoms with E-state index in [9.17, 15) is 0 Å². The molecule has 0 atom stereocenters. The van der Waals surface area contributed by atoms with Crippen molar-refractivity contribution >= 4 is 0 Å². The molecule has 0 aliphatic heterocycles. The van der Waals surface area contributed by atoms with Gasteiger partial charge in [-0.3, -0.25) is 19.9 Å². The Hall–Kier alpha value is -7.32. The minimum atomic E-state index is 0.827. The minimum absolute atomic E-state index is 0.827. The largest absolute Gasteiger partial charge is 0.494 e. The minimum Gasteiger partial charge on any atom is -0.494 e. The zero-order chi connectivity index (χ0) is 72.4. The molecule has 8 rings (SSSR count). The average molecular weight is 1390 g/mol. The second kappa shape index (κ2) is 57.1. The second-order valence-corrected chi connectivity index (χ2v) is 28.0. The molecule has 0 spiro atoms. The third-order valence-electron chi connectivity index (χ3n) is 18.6. The van der Waals surface area contributed by atoms with E-state index in [2.05, 4.69) is 221 Å². The summed E-state index contributed by atoms with van der Waals surface area (Å²) in [6.07, 6.45) is 53.8. The van der Waals surface area contributed by atoms with Crippen LogP contribution in [0.2, 0.25) is 0 Å². The van der Waals surface area contributed by atoms with Gasteiger partial charge in [0, 0.05) is 47.6 Å². The Labute approximate surface area is 621 Å². The summed E-state index contributed by atoms with van der Waals surface area (Å²) in [5.74, 6) is 3.95. The summed E-state index contributed by atoms with van der Waals surface area (Å²) in [6, 6.07) is 51.8. The molecule has 556 valence electrons. The zero-order valence-electron chi connectivity index (χ0n) is 65.3. The normalized spacial score (nSPS) is 10.8. The Morgan fingerprint density at radius 3 is 0.549 bits per heavy atom. The fraction of sp³-hybridized carbons (Fsp3) is 0.532. The van der Waals surface area contributed by atoms with Crippen molar-refractivity contribution in [3.8, 4) is 23.0 Å². The molecule has 0 saturated heterocycles. The Balaban J connectivity index is 0.000000245. The molecule has 102 heavy (non-hydrogen) atoms. The molecule has 0 amide bonds. The summed E-state index contributed by atoms with van der Waals surface area (Å²) in [5, 5.41) is 0. The van der Waals surface area contributed by atoms with E-state index in [0.29, 0.717) is 0 Å². The Kier molecular flexibility index (Phi) is 47.8. The molecular weight excluding hydrogens is 1250 g/mol. The first-order valence-corrected chi connectivity index (χ1v) is 40.9. The first-order valence-electron chi connectivity index (χ1n) is 40.9. The quantitative estimate of drug-likeness (QED) is 0.0349. The highest BCUT2D eigenvalue weighted by atomic mass is 16.5. The van der Waals surface area contributed by atoms with E-state index in [1.807, 2.05) is 24.8 Å². The molecule has 0 unspecified atom stereocenters. The van der Waals surface area contributed by atoms with Gasteiger partial charge in [0.2, 0.25) is 0 Å². The predicted molar refractivity (Wildman–Crippen MR) is 435 cm³/mol. The van der Waals surface area contributed by atoms with Crippen LogP contribution in [0, 0.1) is 0 Å². The lowest BCUT2D eigenvalue weighted by atomic mass is 10.1. The molecule has 8 aromatic rings. The molecule has 0 radical (unpaired) electrons. The van der Waals surface area contributed by atoms with Gasteiger partial charge in [-0.1, -0.05) is 269 Å². The summed E-state index contributed by atoms with van der Waals surface area (Å²) >= 11 is 0. The van der Waals surface area contributed by atoms with Gasteiger partial charge in [-0.15, -0.1) is 0 Å². The maximum absolute atomic E-state index is 5.88. The summed E-state index contributed by atoms with van der Waals surface area (Å²) < 4.78 is 23.4. The van der Waals surface area contributed by atoms with Crippen molar-refractivity contribution in [2.24, 2.45) is 0 Å². The number of pyridine rings is 4. The summed E-state index contributed by atoms with van der Waals surface area (Å²) in [6.45, 7) is 21.1. The number of hydrogen-bond acceptors (Lipinski definition) is 8. The summed E-state index contributed by atoms with van der Waals surface area (Å²) in [4.78, 5) is 18.3. The van der Waals surface area contributed by atoms with Crippen molar-refractivity contribution in [3.63, 3.8) is 0 Å². The van der Waals surface area contributed by atoms with Gasteiger partial charge in [-0.05, 0) is 220 Å². The lowest BCUT2D eigenvalue weighted by Gasteiger charge is -2.08. The van der Waals surface area contributed by atoms with Crippen LogP contribution in [0.3, 0.4) is 0 Å². The first-order chi connectivity index (χ1) is 50.3. The van der Waals surface area contributed by atoms with Crippen LogP contribution in [-0.4, -0.2) is 46.4 Å². The summed E-state index contributed by atoms with van der Waals surface area (Å²) in [7, 11) is 0. The molecule has 8 heteroatoms. The highest BCUT2D eigenvalue weighted by Crippen LogP contribution is 2.21. The highest BCUT2D eigenvalue weighted by molar-refractivity contribution is 5.31. The lowest BCUT2D eigenvalue weighted by Crippen LogP contribution is -1.98. The number of aromatic nitrogens is 4. The molecule has 8 nitrogen and oxygen atoms in total. The summed E-state index contributed by atoms with van der Waals surface area (Å²) in [5.41, 5.74) is 15.4. The standard InChI is InChI=1S/C25H37NO.C24H35NO.C23H33NO.C22H31NO/c1-3-5-6-7-8-9-10-20-27-25-18-14-22(15-19-25)12-16-24-17-13-23(11-4-2)21-26-24;1-3-5-6-7-8-9-19-26-24-17-13-21(14-18-24)11-15-23-16-12-22(10-4-2)20-25-23;1-3-5-6-7-8-18-25-23-16-12-20(13-17-23)10-14-22-15-11-21(9-4-2)19-24-22;1-3-5-6-7-17-24-22-15-11-19(12-16-22)9-13-21-14-10-20(8-4-2)18-23-21/h13-15,17-19,21H,3-12,16,20H2,1-2H3;12-14,16-18,20H,3-11,15,19H2,1-2H3;11-13,15-17,19H,3-10,14,18H2,1-2H3;10-12,14-16,18H,3-9,13,17H2,1-2H3. The van der Waals surface area contributed by atoms with Gasteiger partial charge in [-0.2, -0.15) is 0 Å². The number of ether oxygens (including phenoxy) is 4. The van der Waals surface area contributed by atoms with E-state index >= 15 is 0 Å². The third-order valence-corrected chi connectivity index (χ3v) is 18.6. The van der Waals surface area contributed by atoms with Gasteiger partial charge in [0.25, 0.3) is 0 Å². The van der Waals surface area contributed by atoms with Gasteiger partial charge in [0.15, 0.2) is 0 Å². The number of benzene rings is 4. The second-order valence-electron chi connectivity index (χ2n) is 28.0. The van der Waals surface area contributed by atoms with Crippen LogP contribution >= 0.6 is 0 Å². The van der Waals surface area contributed by atoms with Gasteiger partial charge in [0.1, 0.15) is 23.0 Å². The molecule has 4 aromatic carbocycles. The third kappa shape index (κ3) is 40.5. The van der Waals surface area contributed by atoms with E-state index in [1.165, 1.54) is 209 Å². The number of rotatable bonds is 50. The average Bonchev–Trinajstić information content (AvgIpc) is 0.963. The van der Waals surface area contributed by atoms with Gasteiger partial charge in [-0.25, -0.2) is 0 Å². The van der Waals surface area contributed by atoms with Crippen molar-refractivity contribution in [1.29, 1.82) is 0 Å². The van der Waals surface area contributed by atoms with Crippen molar-refractivity contribution in [1.82, 2.24) is 19.9 Å². The van der Waals surface area contributed by atoms with Crippen LogP contribution in [0.15, 0.2) is 170 Å².